The van der Waals surface area contributed by atoms with Gasteiger partial charge in [-0.15, -0.1) is 21.5 Å². The van der Waals surface area contributed by atoms with Crippen LogP contribution < -0.4 is 4.90 Å². The number of anilines is 1. The van der Waals surface area contributed by atoms with E-state index in [4.69, 9.17) is 11.6 Å². The third-order valence-corrected chi connectivity index (χ3v) is 9.34. The van der Waals surface area contributed by atoms with Crippen LogP contribution in [0.3, 0.4) is 0 Å². The molecule has 0 N–H and O–H groups in total. The molecule has 1 aliphatic heterocycles. The highest BCUT2D eigenvalue weighted by molar-refractivity contribution is 7.98. The number of carbonyl (C=O) groups excluding carboxylic acids is 1. The average molecular weight is 659 g/mol. The first-order valence-corrected chi connectivity index (χ1v) is 15.7. The Balaban J connectivity index is 1.14. The monoisotopic (exact) mass is 658 g/mol. The molecule has 1 fully saturated rings. The quantitative estimate of drug-likeness (QED) is 0.134. The number of carbonyl (C=O) groups is 1. The molecular weight excluding hydrogens is 636 g/mol. The van der Waals surface area contributed by atoms with Gasteiger partial charge in [0.15, 0.2) is 11.0 Å². The smallest absolute Gasteiger partial charge is 0.368 e. The van der Waals surface area contributed by atoms with Gasteiger partial charge in [-0.25, -0.2) is 9.37 Å². The molecule has 0 saturated carbocycles. The standard InChI is InChI=1S/C30H23ClF4N6OS2/c31-22-9-2-1-8-21(22)27-37-38-29(41(27)25-11-4-3-10-23(25)32)44-18-26-36-24(17-43-26)28(42)40-14-12-39(13-15-40)20-7-5-6-19(16-20)30(33,34)35/h1-11,16-17H,12-15,18H2. The molecule has 3 aromatic carbocycles. The SMILES string of the molecule is O=C(c1csc(CSc2nnc(-c3ccccc3Cl)n2-c2ccccc2F)n1)N1CCN(c2cccc(C(F)(F)F)c2)CC1. The number of hydrogen-bond donors (Lipinski definition) is 0. The molecule has 3 heterocycles. The third kappa shape index (κ3) is 6.30. The van der Waals surface area contributed by atoms with Gasteiger partial charge in [0.25, 0.3) is 5.91 Å². The van der Waals surface area contributed by atoms with Gasteiger partial charge in [0, 0.05) is 42.8 Å². The van der Waals surface area contributed by atoms with Crippen molar-refractivity contribution < 1.29 is 22.4 Å². The van der Waals surface area contributed by atoms with Crippen LogP contribution in [0.5, 0.6) is 0 Å². The molecule has 0 spiro atoms. The van der Waals surface area contributed by atoms with Gasteiger partial charge in [0.2, 0.25) is 0 Å². The maximum atomic E-state index is 14.9. The fourth-order valence-corrected chi connectivity index (χ4v) is 6.79. The Morgan fingerprint density at radius 1 is 0.955 bits per heavy atom. The molecule has 1 amide bonds. The van der Waals surface area contributed by atoms with Crippen LogP contribution in [0.15, 0.2) is 83.3 Å². The largest absolute Gasteiger partial charge is 0.416 e. The average Bonchev–Trinajstić information content (AvgIpc) is 3.67. The first-order chi connectivity index (χ1) is 21.2. The second kappa shape index (κ2) is 12.6. The molecule has 1 saturated heterocycles. The lowest BCUT2D eigenvalue weighted by atomic mass is 10.1. The first kappa shape index (κ1) is 30.1. The Morgan fingerprint density at radius 2 is 1.70 bits per heavy atom. The number of rotatable bonds is 7. The summed E-state index contributed by atoms with van der Waals surface area (Å²) in [6.07, 6.45) is -4.42. The van der Waals surface area contributed by atoms with Crippen molar-refractivity contribution >= 4 is 46.3 Å². The highest BCUT2D eigenvalue weighted by atomic mass is 35.5. The summed E-state index contributed by atoms with van der Waals surface area (Å²) in [7, 11) is 0. The van der Waals surface area contributed by atoms with E-state index in [1.165, 1.54) is 35.2 Å². The van der Waals surface area contributed by atoms with Crippen molar-refractivity contribution in [3.8, 4) is 17.1 Å². The molecule has 1 aliphatic rings. The zero-order chi connectivity index (χ0) is 30.8. The minimum atomic E-state index is -4.42. The Bertz CT molecular complexity index is 1800. The molecule has 226 valence electrons. The van der Waals surface area contributed by atoms with E-state index >= 15 is 0 Å². The maximum absolute atomic E-state index is 14.9. The summed E-state index contributed by atoms with van der Waals surface area (Å²) in [6, 6.07) is 18.6. The molecule has 7 nitrogen and oxygen atoms in total. The fourth-order valence-electron chi connectivity index (χ4n) is 4.84. The lowest BCUT2D eigenvalue weighted by molar-refractivity contribution is -0.137. The molecule has 0 aliphatic carbocycles. The van der Waals surface area contributed by atoms with Crippen LogP contribution in [-0.2, 0) is 11.9 Å². The van der Waals surface area contributed by atoms with Gasteiger partial charge in [-0.1, -0.05) is 53.7 Å². The third-order valence-electron chi connectivity index (χ3n) is 7.04. The molecule has 5 aromatic rings. The molecule has 0 atom stereocenters. The Kier molecular flexibility index (Phi) is 8.61. The number of aromatic nitrogens is 4. The predicted molar refractivity (Wildman–Crippen MR) is 163 cm³/mol. The van der Waals surface area contributed by atoms with Crippen molar-refractivity contribution in [1.82, 2.24) is 24.6 Å². The van der Waals surface area contributed by atoms with E-state index in [9.17, 15) is 22.4 Å². The van der Waals surface area contributed by atoms with Crippen molar-refractivity contribution in [2.45, 2.75) is 17.1 Å². The lowest BCUT2D eigenvalue weighted by Gasteiger charge is -2.36. The molecule has 6 rings (SSSR count). The van der Waals surface area contributed by atoms with Gasteiger partial charge in [-0.05, 0) is 42.5 Å². The van der Waals surface area contributed by atoms with Crippen LogP contribution in [0.4, 0.5) is 23.2 Å². The molecule has 0 radical (unpaired) electrons. The maximum Gasteiger partial charge on any atom is 0.416 e. The minimum absolute atomic E-state index is 0.239. The van der Waals surface area contributed by atoms with Crippen LogP contribution in [0.1, 0.15) is 21.1 Å². The van der Waals surface area contributed by atoms with Crippen LogP contribution in [-0.4, -0.2) is 56.7 Å². The molecule has 2 aromatic heterocycles. The first-order valence-electron chi connectivity index (χ1n) is 13.4. The van der Waals surface area contributed by atoms with Gasteiger partial charge in [0.05, 0.1) is 22.0 Å². The Morgan fingerprint density at radius 3 is 2.45 bits per heavy atom. The zero-order valence-corrected chi connectivity index (χ0v) is 25.2. The highest BCUT2D eigenvalue weighted by Gasteiger charge is 2.31. The van der Waals surface area contributed by atoms with Crippen molar-refractivity contribution in [3.05, 3.63) is 105 Å². The van der Waals surface area contributed by atoms with Crippen molar-refractivity contribution in [1.29, 1.82) is 0 Å². The number of amides is 1. The summed E-state index contributed by atoms with van der Waals surface area (Å²) in [4.78, 5) is 21.2. The second-order valence-corrected chi connectivity index (χ2v) is 12.1. The number of piperazine rings is 1. The van der Waals surface area contributed by atoms with Gasteiger partial charge >= 0.3 is 6.18 Å². The lowest BCUT2D eigenvalue weighted by Crippen LogP contribution is -2.49. The van der Waals surface area contributed by atoms with Crippen molar-refractivity contribution in [3.63, 3.8) is 0 Å². The van der Waals surface area contributed by atoms with Crippen LogP contribution in [0.2, 0.25) is 5.02 Å². The van der Waals surface area contributed by atoms with Crippen molar-refractivity contribution in [2.24, 2.45) is 0 Å². The van der Waals surface area contributed by atoms with Crippen molar-refractivity contribution in [2.75, 3.05) is 31.1 Å². The zero-order valence-electron chi connectivity index (χ0n) is 22.8. The van der Waals surface area contributed by atoms with Gasteiger partial charge in [0.1, 0.15) is 16.5 Å². The number of benzene rings is 3. The second-order valence-electron chi connectivity index (χ2n) is 9.82. The van der Waals surface area contributed by atoms with Gasteiger partial charge in [-0.3, -0.25) is 9.36 Å². The van der Waals surface area contributed by atoms with E-state index in [0.717, 1.165) is 12.1 Å². The highest BCUT2D eigenvalue weighted by Crippen LogP contribution is 2.35. The van der Waals surface area contributed by atoms with E-state index in [1.54, 1.807) is 57.3 Å². The number of hydrogen-bond acceptors (Lipinski definition) is 7. The summed E-state index contributed by atoms with van der Waals surface area (Å²) < 4.78 is 56.0. The van der Waals surface area contributed by atoms with Gasteiger partial charge < -0.3 is 9.80 Å². The van der Waals surface area contributed by atoms with E-state index in [2.05, 4.69) is 15.2 Å². The number of thiazole rings is 1. The fraction of sp³-hybridized carbons (Fsp3) is 0.200. The molecular formula is C30H23ClF4N6OS2. The predicted octanol–water partition coefficient (Wildman–Crippen LogP) is 7.46. The summed E-state index contributed by atoms with van der Waals surface area (Å²) in [5, 5.41) is 11.9. The topological polar surface area (TPSA) is 67.2 Å². The van der Waals surface area contributed by atoms with E-state index in [0.29, 0.717) is 69.9 Å². The molecule has 44 heavy (non-hydrogen) atoms. The minimum Gasteiger partial charge on any atom is -0.368 e. The van der Waals surface area contributed by atoms with Crippen LogP contribution >= 0.6 is 34.7 Å². The van der Waals surface area contributed by atoms with Gasteiger partial charge in [-0.2, -0.15) is 13.2 Å². The van der Waals surface area contributed by atoms with Crippen LogP contribution in [0.25, 0.3) is 17.1 Å². The number of thioether (sulfide) groups is 1. The summed E-state index contributed by atoms with van der Waals surface area (Å²) in [6.45, 7) is 1.51. The summed E-state index contributed by atoms with van der Waals surface area (Å²) in [5.74, 6) is 0.0630. The van der Waals surface area contributed by atoms with Crippen LogP contribution in [0, 0.1) is 5.82 Å². The van der Waals surface area contributed by atoms with E-state index in [1.807, 2.05) is 11.0 Å². The number of halogens is 5. The normalized spacial score (nSPS) is 13.8. The molecule has 0 unspecified atom stereocenters. The Labute approximate surface area is 263 Å². The van der Waals surface area contributed by atoms with E-state index in [-0.39, 0.29) is 11.6 Å². The number of nitrogens with zero attached hydrogens (tertiary/aromatic N) is 6. The Hall–Kier alpha value is -3.94. The van der Waals surface area contributed by atoms with E-state index < -0.39 is 17.6 Å². The number of alkyl halides is 3. The summed E-state index contributed by atoms with van der Waals surface area (Å²) >= 11 is 9.05. The molecule has 0 bridgehead atoms. The number of para-hydroxylation sites is 1. The molecule has 14 heteroatoms. The summed E-state index contributed by atoms with van der Waals surface area (Å²) in [5.41, 5.74) is 0.946.